The third-order valence-electron chi connectivity index (χ3n) is 6.68. The highest BCUT2D eigenvalue weighted by molar-refractivity contribution is 6.08. The summed E-state index contributed by atoms with van der Waals surface area (Å²) < 4.78 is 8.57. The number of H-pyrrole nitrogens is 1. The average Bonchev–Trinajstić information content (AvgIpc) is 3.51. The van der Waals surface area contributed by atoms with Crippen LogP contribution in [0.25, 0.3) is 44.1 Å². The summed E-state index contributed by atoms with van der Waals surface area (Å²) in [7, 11) is 0. The highest BCUT2D eigenvalue weighted by Gasteiger charge is 2.30. The van der Waals surface area contributed by atoms with E-state index in [1.807, 2.05) is 48.8 Å². The van der Waals surface area contributed by atoms with Crippen molar-refractivity contribution in [1.29, 1.82) is 0 Å². The molecule has 0 unspecified atom stereocenters. The molecule has 34 heavy (non-hydrogen) atoms. The van der Waals surface area contributed by atoms with Gasteiger partial charge in [0.1, 0.15) is 0 Å². The number of aryl methyl sites for hydroxylation is 2. The Balaban J connectivity index is 1.64. The van der Waals surface area contributed by atoms with Crippen molar-refractivity contribution in [2.24, 2.45) is 5.73 Å². The van der Waals surface area contributed by atoms with Gasteiger partial charge in [0.05, 0.1) is 23.2 Å². The molecule has 0 atom stereocenters. The van der Waals surface area contributed by atoms with E-state index in [-0.39, 0.29) is 25.0 Å². The second kappa shape index (κ2) is 7.71. The van der Waals surface area contributed by atoms with Crippen LogP contribution in [0.15, 0.2) is 54.9 Å². The summed E-state index contributed by atoms with van der Waals surface area (Å²) >= 11 is 0. The van der Waals surface area contributed by atoms with Crippen molar-refractivity contribution in [2.75, 3.05) is 6.54 Å². The van der Waals surface area contributed by atoms with E-state index in [2.05, 4.69) is 15.6 Å². The lowest BCUT2D eigenvalue weighted by molar-refractivity contribution is -0.145. The zero-order valence-electron chi connectivity index (χ0n) is 18.4. The van der Waals surface area contributed by atoms with E-state index in [0.29, 0.717) is 11.1 Å². The third-order valence-corrected chi connectivity index (χ3v) is 6.68. The van der Waals surface area contributed by atoms with E-state index in [4.69, 9.17) is 10.5 Å². The fraction of sp³-hybridized carbons (Fsp3) is 0.192. The van der Waals surface area contributed by atoms with Crippen LogP contribution in [-0.4, -0.2) is 36.8 Å². The number of nitrogens with one attached hydrogen (secondary N) is 1. The van der Waals surface area contributed by atoms with Crippen LogP contribution in [0, 0.1) is 0 Å². The van der Waals surface area contributed by atoms with Gasteiger partial charge in [-0.25, -0.2) is 4.57 Å². The second-order valence-corrected chi connectivity index (χ2v) is 8.58. The number of esters is 1. The SMILES string of the molecule is NCC(=O)OCn1c(O)c(-c2c[nH]c3ccccc23)c(-c2cn3c4c(cccc24)CCC3)c1O. The lowest BCUT2D eigenvalue weighted by Crippen LogP contribution is -2.18. The summed E-state index contributed by atoms with van der Waals surface area (Å²) in [5, 5.41) is 24.6. The highest BCUT2D eigenvalue weighted by atomic mass is 16.5. The molecule has 8 nitrogen and oxygen atoms in total. The summed E-state index contributed by atoms with van der Waals surface area (Å²) in [6, 6.07) is 14.0. The summed E-state index contributed by atoms with van der Waals surface area (Å²) in [5.74, 6) is -0.991. The Morgan fingerprint density at radius 3 is 2.62 bits per heavy atom. The molecule has 6 rings (SSSR count). The normalized spacial score (nSPS) is 13.1. The summed E-state index contributed by atoms with van der Waals surface area (Å²) in [5.41, 5.74) is 11.2. The average molecular weight is 457 g/mol. The van der Waals surface area contributed by atoms with Crippen LogP contribution in [-0.2, 0) is 29.2 Å². The molecule has 172 valence electrons. The molecule has 0 spiro atoms. The number of benzene rings is 2. The van der Waals surface area contributed by atoms with Gasteiger partial charge >= 0.3 is 5.97 Å². The Bertz CT molecular complexity index is 1570. The first-order valence-corrected chi connectivity index (χ1v) is 11.3. The largest absolute Gasteiger partial charge is 0.494 e. The topological polar surface area (TPSA) is 118 Å². The van der Waals surface area contributed by atoms with E-state index in [9.17, 15) is 15.0 Å². The number of carbonyl (C=O) groups excluding carboxylic acids is 1. The first-order valence-electron chi connectivity index (χ1n) is 11.3. The number of fused-ring (bicyclic) bond motifs is 1. The number of aromatic hydroxyl groups is 2. The summed E-state index contributed by atoms with van der Waals surface area (Å²) in [4.78, 5) is 14.9. The van der Waals surface area contributed by atoms with Gasteiger partial charge in [-0.2, -0.15) is 0 Å². The molecule has 1 aliphatic rings. The Labute approximate surface area is 194 Å². The molecule has 0 radical (unpaired) electrons. The number of para-hydroxylation sites is 2. The Hall–Kier alpha value is -4.17. The van der Waals surface area contributed by atoms with Gasteiger partial charge in [0.15, 0.2) is 6.73 Å². The van der Waals surface area contributed by atoms with Crippen LogP contribution < -0.4 is 5.73 Å². The molecule has 0 fully saturated rings. The number of carbonyl (C=O) groups is 1. The van der Waals surface area contributed by atoms with E-state index < -0.39 is 5.97 Å². The van der Waals surface area contributed by atoms with Crippen LogP contribution in [0.2, 0.25) is 0 Å². The van der Waals surface area contributed by atoms with Crippen LogP contribution in [0.5, 0.6) is 11.8 Å². The van der Waals surface area contributed by atoms with Gasteiger partial charge < -0.3 is 30.2 Å². The van der Waals surface area contributed by atoms with Gasteiger partial charge in [-0.05, 0) is 24.5 Å². The molecule has 5 N–H and O–H groups in total. The Kier molecular flexibility index (Phi) is 4.63. The molecule has 0 aliphatic carbocycles. The fourth-order valence-electron chi connectivity index (χ4n) is 5.16. The van der Waals surface area contributed by atoms with Gasteiger partial charge in [-0.1, -0.05) is 36.4 Å². The fourth-order valence-corrected chi connectivity index (χ4v) is 5.16. The van der Waals surface area contributed by atoms with Crippen molar-refractivity contribution in [3.63, 3.8) is 0 Å². The molecule has 3 aromatic heterocycles. The van der Waals surface area contributed by atoms with Crippen LogP contribution in [0.4, 0.5) is 0 Å². The Morgan fingerprint density at radius 1 is 1.03 bits per heavy atom. The number of aromatic amines is 1. The van der Waals surface area contributed by atoms with E-state index in [1.54, 1.807) is 0 Å². The Morgan fingerprint density at radius 2 is 1.79 bits per heavy atom. The molecule has 4 heterocycles. The molecule has 0 saturated heterocycles. The summed E-state index contributed by atoms with van der Waals surface area (Å²) in [6.07, 6.45) is 5.91. The molecule has 2 aromatic carbocycles. The smallest absolute Gasteiger partial charge is 0.321 e. The monoisotopic (exact) mass is 456 g/mol. The minimum atomic E-state index is -0.630. The van der Waals surface area contributed by atoms with E-state index >= 15 is 0 Å². The minimum Gasteiger partial charge on any atom is -0.494 e. The number of nitrogens with two attached hydrogens (primary N) is 1. The maximum atomic E-state index is 11.7. The molecule has 0 bridgehead atoms. The maximum Gasteiger partial charge on any atom is 0.321 e. The molecular formula is C26H24N4O4. The number of ether oxygens (including phenoxy) is 1. The first kappa shape index (κ1) is 20.4. The van der Waals surface area contributed by atoms with Crippen molar-refractivity contribution in [2.45, 2.75) is 26.1 Å². The number of hydrogen-bond donors (Lipinski definition) is 4. The van der Waals surface area contributed by atoms with Crippen LogP contribution in [0.1, 0.15) is 12.0 Å². The lowest BCUT2D eigenvalue weighted by Gasteiger charge is -2.14. The molecule has 8 heteroatoms. The number of aromatic nitrogens is 3. The first-order chi connectivity index (χ1) is 16.6. The summed E-state index contributed by atoms with van der Waals surface area (Å²) in [6.45, 7) is 0.242. The van der Waals surface area contributed by atoms with Crippen molar-refractivity contribution < 1.29 is 19.7 Å². The zero-order chi connectivity index (χ0) is 23.4. The van der Waals surface area contributed by atoms with Gasteiger partial charge in [-0.3, -0.25) is 4.79 Å². The number of hydrogen-bond acceptors (Lipinski definition) is 5. The highest BCUT2D eigenvalue weighted by Crippen LogP contribution is 2.51. The molecule has 0 amide bonds. The molecule has 5 aromatic rings. The standard InChI is InChI=1S/C26H24N4O4/c27-11-21(31)34-14-30-25(32)22(18-12-28-20-9-2-1-7-16(18)20)23(26(30)33)19-13-29-10-4-6-15-5-3-8-17(19)24(15)29/h1-3,5,7-9,12-13,28,32-33H,4,6,10-11,14,27H2. The van der Waals surface area contributed by atoms with Gasteiger partial charge in [0.25, 0.3) is 0 Å². The third kappa shape index (κ3) is 2.92. The molecule has 0 saturated carbocycles. The van der Waals surface area contributed by atoms with E-state index in [0.717, 1.165) is 52.3 Å². The molecule has 1 aliphatic heterocycles. The van der Waals surface area contributed by atoms with Crippen LogP contribution >= 0.6 is 0 Å². The van der Waals surface area contributed by atoms with Crippen LogP contribution in [0.3, 0.4) is 0 Å². The van der Waals surface area contributed by atoms with Gasteiger partial charge in [0, 0.05) is 46.4 Å². The predicted octanol–water partition coefficient (Wildman–Crippen LogP) is 4.07. The van der Waals surface area contributed by atoms with Crippen molar-refractivity contribution in [3.8, 4) is 34.0 Å². The maximum absolute atomic E-state index is 11.7. The predicted molar refractivity (Wildman–Crippen MR) is 129 cm³/mol. The van der Waals surface area contributed by atoms with Crippen molar-refractivity contribution in [3.05, 3.63) is 60.4 Å². The van der Waals surface area contributed by atoms with Crippen molar-refractivity contribution in [1.82, 2.24) is 14.1 Å². The second-order valence-electron chi connectivity index (χ2n) is 8.58. The minimum absolute atomic E-state index is 0.175. The van der Waals surface area contributed by atoms with E-state index in [1.165, 1.54) is 10.1 Å². The zero-order valence-corrected chi connectivity index (χ0v) is 18.4. The van der Waals surface area contributed by atoms with Gasteiger partial charge in [-0.15, -0.1) is 0 Å². The van der Waals surface area contributed by atoms with Crippen molar-refractivity contribution >= 4 is 27.8 Å². The quantitative estimate of drug-likeness (QED) is 0.297. The van der Waals surface area contributed by atoms with Gasteiger partial charge in [0.2, 0.25) is 11.8 Å². The molecular weight excluding hydrogens is 432 g/mol. The lowest BCUT2D eigenvalue weighted by atomic mass is 9.96. The number of nitrogens with zero attached hydrogens (tertiary/aromatic N) is 2. The number of rotatable bonds is 5.